The van der Waals surface area contributed by atoms with Crippen molar-refractivity contribution < 1.29 is 9.59 Å². The molecule has 0 fully saturated rings. The van der Waals surface area contributed by atoms with E-state index in [9.17, 15) is 9.59 Å². The van der Waals surface area contributed by atoms with Crippen LogP contribution in [0.5, 0.6) is 0 Å². The monoisotopic (exact) mass is 307 g/mol. The van der Waals surface area contributed by atoms with Crippen molar-refractivity contribution >= 4 is 30.7 Å². The van der Waals surface area contributed by atoms with E-state index in [0.29, 0.717) is 31.6 Å². The molecule has 0 spiro atoms. The van der Waals surface area contributed by atoms with Crippen molar-refractivity contribution in [2.75, 3.05) is 18.8 Å². The molecule has 6 heteroatoms. The second kappa shape index (κ2) is 10.9. The van der Waals surface area contributed by atoms with Crippen LogP contribution in [-0.2, 0) is 9.59 Å². The number of aliphatic imine (C=N–C) groups is 1. The predicted molar refractivity (Wildman–Crippen MR) is 88.6 cm³/mol. The van der Waals surface area contributed by atoms with Gasteiger partial charge in [-0.15, -0.1) is 0 Å². The molecule has 21 heavy (non-hydrogen) atoms. The van der Waals surface area contributed by atoms with Gasteiger partial charge in [-0.3, -0.25) is 14.6 Å². The molecule has 0 atom stereocenters. The third-order valence-electron chi connectivity index (χ3n) is 2.63. The first-order valence-electron chi connectivity index (χ1n) is 6.91. The summed E-state index contributed by atoms with van der Waals surface area (Å²) in [5, 5.41) is 5.50. The van der Waals surface area contributed by atoms with Gasteiger partial charge in [0.15, 0.2) is 0 Å². The van der Waals surface area contributed by atoms with Gasteiger partial charge >= 0.3 is 0 Å². The zero-order chi connectivity index (χ0) is 15.3. The van der Waals surface area contributed by atoms with Gasteiger partial charge in [-0.2, -0.15) is 12.6 Å². The number of nitrogens with zero attached hydrogens (tertiary/aromatic N) is 1. The van der Waals surface area contributed by atoms with E-state index in [0.717, 1.165) is 6.42 Å². The molecule has 1 rings (SSSR count). The molecule has 0 aromatic carbocycles. The van der Waals surface area contributed by atoms with Crippen molar-refractivity contribution in [3.05, 3.63) is 36.1 Å². The van der Waals surface area contributed by atoms with Crippen molar-refractivity contribution in [3.63, 3.8) is 0 Å². The van der Waals surface area contributed by atoms with Crippen LogP contribution in [0.15, 0.2) is 41.1 Å². The SMILES string of the molecule is O=C(CS)NCCCC(=O)NC1=CC/C=C\C=C/CN=C1. The average Bonchev–Trinajstić information content (AvgIpc) is 2.50. The number of rotatable bonds is 6. The first-order chi connectivity index (χ1) is 10.2. The van der Waals surface area contributed by atoms with Gasteiger partial charge in [-0.1, -0.05) is 30.4 Å². The number of allylic oxidation sites excluding steroid dienone is 5. The summed E-state index contributed by atoms with van der Waals surface area (Å²) in [5.41, 5.74) is 0.708. The Morgan fingerprint density at radius 2 is 2.05 bits per heavy atom. The molecule has 0 saturated heterocycles. The van der Waals surface area contributed by atoms with Crippen molar-refractivity contribution in [2.24, 2.45) is 4.99 Å². The first kappa shape index (κ1) is 17.2. The van der Waals surface area contributed by atoms with Gasteiger partial charge in [0.25, 0.3) is 0 Å². The third-order valence-corrected chi connectivity index (χ3v) is 2.92. The van der Waals surface area contributed by atoms with Crippen molar-refractivity contribution in [2.45, 2.75) is 19.3 Å². The molecule has 5 nitrogen and oxygen atoms in total. The normalized spacial score (nSPS) is 17.5. The maximum absolute atomic E-state index is 11.8. The Morgan fingerprint density at radius 1 is 1.24 bits per heavy atom. The fourth-order valence-electron chi connectivity index (χ4n) is 1.60. The lowest BCUT2D eigenvalue weighted by Gasteiger charge is -2.06. The Labute approximate surface area is 130 Å². The van der Waals surface area contributed by atoms with Crippen LogP contribution < -0.4 is 10.6 Å². The predicted octanol–water partition coefficient (Wildman–Crippen LogP) is 1.40. The highest BCUT2D eigenvalue weighted by Crippen LogP contribution is 1.97. The zero-order valence-corrected chi connectivity index (χ0v) is 12.8. The first-order valence-corrected chi connectivity index (χ1v) is 7.54. The summed E-state index contributed by atoms with van der Waals surface area (Å²) < 4.78 is 0. The van der Waals surface area contributed by atoms with Gasteiger partial charge in [0, 0.05) is 19.2 Å². The molecule has 1 aliphatic rings. The highest BCUT2D eigenvalue weighted by atomic mass is 32.1. The molecule has 0 unspecified atom stereocenters. The fraction of sp³-hybridized carbons (Fsp3) is 0.400. The van der Waals surface area contributed by atoms with E-state index in [1.165, 1.54) is 0 Å². The molecule has 0 bridgehead atoms. The quantitative estimate of drug-likeness (QED) is 0.513. The standard InChI is InChI=1S/C15H21N3O2S/c19-14(8-6-10-17-15(20)12-21)18-13-7-4-2-1-3-5-9-16-11-13/h1-3,5,7,11,21H,4,6,8-10,12H2,(H,17,20)(H,18,19)/b2-1-,5-3-,13-7?,16-11?. The summed E-state index contributed by atoms with van der Waals surface area (Å²) in [5.74, 6) is -0.0394. The lowest BCUT2D eigenvalue weighted by molar-refractivity contribution is -0.121. The molecule has 1 aliphatic heterocycles. The maximum Gasteiger partial charge on any atom is 0.229 e. The van der Waals surface area contributed by atoms with Crippen LogP contribution in [0, 0.1) is 0 Å². The number of thiol groups is 1. The molecule has 2 amide bonds. The lowest BCUT2D eigenvalue weighted by atomic mass is 10.2. The van der Waals surface area contributed by atoms with Crippen molar-refractivity contribution in [1.29, 1.82) is 0 Å². The second-order valence-corrected chi connectivity index (χ2v) is 4.72. The molecule has 1 heterocycles. The van der Waals surface area contributed by atoms with Crippen molar-refractivity contribution in [1.82, 2.24) is 10.6 Å². The molecule has 2 N–H and O–H groups in total. The van der Waals surface area contributed by atoms with Crippen LogP contribution in [0.25, 0.3) is 0 Å². The van der Waals surface area contributed by atoms with Gasteiger partial charge in [-0.05, 0) is 12.8 Å². The smallest absolute Gasteiger partial charge is 0.229 e. The largest absolute Gasteiger partial charge is 0.355 e. The molecule has 0 aromatic rings. The van der Waals surface area contributed by atoms with E-state index in [1.54, 1.807) is 6.21 Å². The lowest BCUT2D eigenvalue weighted by Crippen LogP contribution is -2.28. The minimum atomic E-state index is -0.124. The fourth-order valence-corrected chi connectivity index (χ4v) is 1.71. The van der Waals surface area contributed by atoms with Gasteiger partial charge in [0.05, 0.1) is 18.0 Å². The summed E-state index contributed by atoms with van der Waals surface area (Å²) in [6.45, 7) is 1.07. The summed E-state index contributed by atoms with van der Waals surface area (Å²) in [4.78, 5) is 27.0. The molecular formula is C15H21N3O2S. The van der Waals surface area contributed by atoms with Crippen LogP contribution >= 0.6 is 12.6 Å². The van der Waals surface area contributed by atoms with E-state index < -0.39 is 0 Å². The Balaban J connectivity index is 2.33. The topological polar surface area (TPSA) is 70.6 Å². The van der Waals surface area contributed by atoms with Crippen LogP contribution in [0.2, 0.25) is 0 Å². The molecule has 0 saturated carbocycles. The number of carbonyl (C=O) groups is 2. The van der Waals surface area contributed by atoms with Gasteiger partial charge in [-0.25, -0.2) is 0 Å². The summed E-state index contributed by atoms with van der Waals surface area (Å²) in [6.07, 6.45) is 13.1. The Hall–Kier alpha value is -1.82. The Morgan fingerprint density at radius 3 is 2.86 bits per heavy atom. The molecular weight excluding hydrogens is 286 g/mol. The van der Waals surface area contributed by atoms with E-state index in [1.807, 2.05) is 30.4 Å². The summed E-state index contributed by atoms with van der Waals surface area (Å²) in [7, 11) is 0. The summed E-state index contributed by atoms with van der Waals surface area (Å²) >= 11 is 3.86. The minimum Gasteiger partial charge on any atom is -0.355 e. The second-order valence-electron chi connectivity index (χ2n) is 4.41. The van der Waals surface area contributed by atoms with Crippen LogP contribution in [0.3, 0.4) is 0 Å². The van der Waals surface area contributed by atoms with E-state index in [-0.39, 0.29) is 17.6 Å². The Bertz CT molecular complexity index is 468. The van der Waals surface area contributed by atoms with E-state index >= 15 is 0 Å². The van der Waals surface area contributed by atoms with Crippen LogP contribution in [0.4, 0.5) is 0 Å². The zero-order valence-electron chi connectivity index (χ0n) is 11.9. The highest BCUT2D eigenvalue weighted by Gasteiger charge is 2.04. The van der Waals surface area contributed by atoms with Gasteiger partial charge in [0.1, 0.15) is 0 Å². The number of hydrogen-bond donors (Lipinski definition) is 3. The minimum absolute atomic E-state index is 0.0793. The number of carbonyl (C=O) groups excluding carboxylic acids is 2. The number of amides is 2. The summed E-state index contributed by atoms with van der Waals surface area (Å²) in [6, 6.07) is 0. The van der Waals surface area contributed by atoms with Gasteiger partial charge < -0.3 is 10.6 Å². The van der Waals surface area contributed by atoms with Crippen LogP contribution in [0.1, 0.15) is 19.3 Å². The van der Waals surface area contributed by atoms with E-state index in [2.05, 4.69) is 28.3 Å². The molecule has 0 aliphatic carbocycles. The number of hydrogen-bond acceptors (Lipinski definition) is 4. The van der Waals surface area contributed by atoms with Crippen LogP contribution in [-0.4, -0.2) is 36.9 Å². The number of nitrogens with one attached hydrogen (secondary N) is 2. The third kappa shape index (κ3) is 8.86. The molecule has 0 aromatic heterocycles. The van der Waals surface area contributed by atoms with E-state index in [4.69, 9.17) is 0 Å². The maximum atomic E-state index is 11.8. The highest BCUT2D eigenvalue weighted by molar-refractivity contribution is 7.81. The van der Waals surface area contributed by atoms with Gasteiger partial charge in [0.2, 0.25) is 11.8 Å². The molecule has 114 valence electrons. The molecule has 0 radical (unpaired) electrons. The van der Waals surface area contributed by atoms with Crippen molar-refractivity contribution in [3.8, 4) is 0 Å². The Kier molecular flexibility index (Phi) is 8.95. The average molecular weight is 307 g/mol.